The number of anilines is 2. The fraction of sp³-hybridized carbons (Fsp3) is 0.158. The summed E-state index contributed by atoms with van der Waals surface area (Å²) in [5, 5.41) is 7.14. The minimum Gasteiger partial charge on any atom is -0.465 e. The second kappa shape index (κ2) is 9.14. The molecular weight excluding hydrogens is 350 g/mol. The maximum absolute atomic E-state index is 12.0. The molecule has 0 aliphatic heterocycles. The number of carbonyl (C=O) groups excluding carboxylic acids is 4. The standard InChI is InChI=1S/C19H19N3O5/c1-12-7-9-13(10-8-12)21-18(25)17(24)20-11-16(23)22-15-6-4-3-5-14(15)19(26)27-2/h3-10H,11H2,1-2H3,(H,20,24)(H,21,25)(H,22,23). The Labute approximate surface area is 155 Å². The highest BCUT2D eigenvalue weighted by atomic mass is 16.5. The number of aryl methyl sites for hydroxylation is 1. The maximum Gasteiger partial charge on any atom is 0.339 e. The van der Waals surface area contributed by atoms with Gasteiger partial charge in [0.1, 0.15) is 0 Å². The van der Waals surface area contributed by atoms with E-state index in [9.17, 15) is 19.2 Å². The second-order valence-corrected chi connectivity index (χ2v) is 5.59. The maximum atomic E-state index is 12.0. The number of amides is 3. The molecular formula is C19H19N3O5. The quantitative estimate of drug-likeness (QED) is 0.546. The van der Waals surface area contributed by atoms with Gasteiger partial charge in [-0.15, -0.1) is 0 Å². The molecule has 0 heterocycles. The Morgan fingerprint density at radius 2 is 1.56 bits per heavy atom. The molecule has 0 saturated carbocycles. The predicted octanol–water partition coefficient (Wildman–Crippen LogP) is 1.48. The lowest BCUT2D eigenvalue weighted by Crippen LogP contribution is -2.39. The molecule has 140 valence electrons. The van der Waals surface area contributed by atoms with Gasteiger partial charge in [-0.05, 0) is 31.2 Å². The minimum absolute atomic E-state index is 0.178. The molecule has 2 aromatic rings. The summed E-state index contributed by atoms with van der Waals surface area (Å²) in [6, 6.07) is 13.2. The topological polar surface area (TPSA) is 114 Å². The summed E-state index contributed by atoms with van der Waals surface area (Å²) in [4.78, 5) is 47.3. The summed E-state index contributed by atoms with van der Waals surface area (Å²) in [6.07, 6.45) is 0. The number of nitrogens with one attached hydrogen (secondary N) is 3. The number of methoxy groups -OCH3 is 1. The first-order valence-corrected chi connectivity index (χ1v) is 8.03. The van der Waals surface area contributed by atoms with E-state index in [2.05, 4.69) is 20.7 Å². The van der Waals surface area contributed by atoms with Crippen LogP contribution in [0.3, 0.4) is 0 Å². The number of para-hydroxylation sites is 1. The number of hydrogen-bond donors (Lipinski definition) is 3. The Hall–Kier alpha value is -3.68. The smallest absolute Gasteiger partial charge is 0.339 e. The number of rotatable bonds is 5. The van der Waals surface area contributed by atoms with Gasteiger partial charge < -0.3 is 20.7 Å². The van der Waals surface area contributed by atoms with Crippen LogP contribution in [0.2, 0.25) is 0 Å². The third-order valence-electron chi connectivity index (χ3n) is 3.53. The van der Waals surface area contributed by atoms with Crippen LogP contribution < -0.4 is 16.0 Å². The zero-order valence-electron chi connectivity index (χ0n) is 14.9. The Bertz CT molecular complexity index is 862. The van der Waals surface area contributed by atoms with Gasteiger partial charge in [0.05, 0.1) is 24.9 Å². The van der Waals surface area contributed by atoms with Gasteiger partial charge in [0.2, 0.25) is 5.91 Å². The van der Waals surface area contributed by atoms with Crippen LogP contribution in [0.25, 0.3) is 0 Å². The molecule has 2 rings (SSSR count). The normalized spacial score (nSPS) is 9.85. The van der Waals surface area contributed by atoms with Crippen LogP contribution in [0.5, 0.6) is 0 Å². The molecule has 0 unspecified atom stereocenters. The van der Waals surface area contributed by atoms with Crippen molar-refractivity contribution in [2.45, 2.75) is 6.92 Å². The van der Waals surface area contributed by atoms with E-state index in [0.717, 1.165) is 5.56 Å². The van der Waals surface area contributed by atoms with Crippen LogP contribution in [-0.2, 0) is 19.1 Å². The van der Waals surface area contributed by atoms with Crippen LogP contribution in [0, 0.1) is 6.92 Å². The molecule has 3 amide bonds. The minimum atomic E-state index is -0.952. The zero-order valence-corrected chi connectivity index (χ0v) is 14.9. The third kappa shape index (κ3) is 5.67. The van der Waals surface area contributed by atoms with Gasteiger partial charge in [-0.3, -0.25) is 14.4 Å². The van der Waals surface area contributed by atoms with Crippen LogP contribution in [0.15, 0.2) is 48.5 Å². The third-order valence-corrected chi connectivity index (χ3v) is 3.53. The van der Waals surface area contributed by atoms with Gasteiger partial charge in [0, 0.05) is 5.69 Å². The predicted molar refractivity (Wildman–Crippen MR) is 99.2 cm³/mol. The number of hydrogen-bond acceptors (Lipinski definition) is 5. The average Bonchev–Trinajstić information content (AvgIpc) is 2.67. The lowest BCUT2D eigenvalue weighted by atomic mass is 10.2. The number of ether oxygens (including phenoxy) is 1. The van der Waals surface area contributed by atoms with Gasteiger partial charge in [-0.2, -0.15) is 0 Å². The molecule has 0 aromatic heterocycles. The SMILES string of the molecule is COC(=O)c1ccccc1NC(=O)CNC(=O)C(=O)Nc1ccc(C)cc1. The average molecular weight is 369 g/mol. The van der Waals surface area contributed by atoms with Crippen LogP contribution in [0.1, 0.15) is 15.9 Å². The van der Waals surface area contributed by atoms with Gasteiger partial charge in [0.15, 0.2) is 0 Å². The first-order valence-electron chi connectivity index (χ1n) is 8.03. The van der Waals surface area contributed by atoms with Crippen molar-refractivity contribution >= 4 is 35.1 Å². The van der Waals surface area contributed by atoms with Crippen molar-refractivity contribution in [2.24, 2.45) is 0 Å². The van der Waals surface area contributed by atoms with E-state index >= 15 is 0 Å². The van der Waals surface area contributed by atoms with Crippen molar-refractivity contribution < 1.29 is 23.9 Å². The summed E-state index contributed by atoms with van der Waals surface area (Å²) < 4.78 is 4.64. The van der Waals surface area contributed by atoms with E-state index in [1.807, 2.05) is 6.92 Å². The van der Waals surface area contributed by atoms with Crippen molar-refractivity contribution in [3.05, 3.63) is 59.7 Å². The Kier molecular flexibility index (Phi) is 6.65. The molecule has 0 spiro atoms. The monoisotopic (exact) mass is 369 g/mol. The molecule has 0 bridgehead atoms. The van der Waals surface area contributed by atoms with E-state index in [1.165, 1.54) is 19.2 Å². The molecule has 2 aromatic carbocycles. The molecule has 0 atom stereocenters. The zero-order chi connectivity index (χ0) is 19.8. The van der Waals surface area contributed by atoms with Crippen molar-refractivity contribution in [1.29, 1.82) is 0 Å². The van der Waals surface area contributed by atoms with E-state index in [-0.39, 0.29) is 11.3 Å². The molecule has 0 aliphatic carbocycles. The summed E-state index contributed by atoms with van der Waals surface area (Å²) in [5.74, 6) is -3.04. The van der Waals surface area contributed by atoms with Gasteiger partial charge in [-0.25, -0.2) is 4.79 Å². The largest absolute Gasteiger partial charge is 0.465 e. The highest BCUT2D eigenvalue weighted by Crippen LogP contribution is 2.15. The van der Waals surface area contributed by atoms with Crippen LogP contribution in [-0.4, -0.2) is 37.3 Å². The van der Waals surface area contributed by atoms with Crippen molar-refractivity contribution in [3.8, 4) is 0 Å². The van der Waals surface area contributed by atoms with Crippen molar-refractivity contribution in [1.82, 2.24) is 5.32 Å². The highest BCUT2D eigenvalue weighted by Gasteiger charge is 2.16. The van der Waals surface area contributed by atoms with E-state index in [1.54, 1.807) is 36.4 Å². The van der Waals surface area contributed by atoms with E-state index < -0.39 is 30.2 Å². The summed E-state index contributed by atoms with van der Waals surface area (Å²) in [7, 11) is 1.23. The van der Waals surface area contributed by atoms with Crippen LogP contribution >= 0.6 is 0 Å². The van der Waals surface area contributed by atoms with Crippen LogP contribution in [0.4, 0.5) is 11.4 Å². The summed E-state index contributed by atoms with van der Waals surface area (Å²) in [5.41, 5.74) is 1.91. The second-order valence-electron chi connectivity index (χ2n) is 5.59. The molecule has 0 radical (unpaired) electrons. The Morgan fingerprint density at radius 1 is 0.889 bits per heavy atom. The molecule has 8 heteroatoms. The van der Waals surface area contributed by atoms with Crippen molar-refractivity contribution in [2.75, 3.05) is 24.3 Å². The fourth-order valence-corrected chi connectivity index (χ4v) is 2.14. The highest BCUT2D eigenvalue weighted by molar-refractivity contribution is 6.39. The van der Waals surface area contributed by atoms with Gasteiger partial charge in [-0.1, -0.05) is 29.8 Å². The van der Waals surface area contributed by atoms with E-state index in [4.69, 9.17) is 0 Å². The molecule has 27 heavy (non-hydrogen) atoms. The number of carbonyl (C=O) groups is 4. The fourth-order valence-electron chi connectivity index (χ4n) is 2.14. The first-order chi connectivity index (χ1) is 12.9. The van der Waals surface area contributed by atoms with E-state index in [0.29, 0.717) is 5.69 Å². The van der Waals surface area contributed by atoms with Crippen molar-refractivity contribution in [3.63, 3.8) is 0 Å². The number of esters is 1. The first kappa shape index (κ1) is 19.6. The molecule has 0 saturated heterocycles. The molecule has 0 fully saturated rings. The number of benzene rings is 2. The lowest BCUT2D eigenvalue weighted by Gasteiger charge is -2.10. The molecule has 0 aliphatic rings. The lowest BCUT2D eigenvalue weighted by molar-refractivity contribution is -0.136. The van der Waals surface area contributed by atoms with Gasteiger partial charge >= 0.3 is 17.8 Å². The Balaban J connectivity index is 1.88. The Morgan fingerprint density at radius 3 is 2.22 bits per heavy atom. The summed E-state index contributed by atoms with van der Waals surface area (Å²) >= 11 is 0. The summed E-state index contributed by atoms with van der Waals surface area (Å²) in [6.45, 7) is 1.46. The van der Waals surface area contributed by atoms with Gasteiger partial charge in [0.25, 0.3) is 0 Å². The molecule has 3 N–H and O–H groups in total. The molecule has 8 nitrogen and oxygen atoms in total.